The van der Waals surface area contributed by atoms with E-state index in [2.05, 4.69) is 9.97 Å². The van der Waals surface area contributed by atoms with Crippen LogP contribution in [-0.4, -0.2) is 53.2 Å². The first-order valence-corrected chi connectivity index (χ1v) is 7.80. The highest BCUT2D eigenvalue weighted by molar-refractivity contribution is 6.28. The number of carbonyl (C=O) groups is 1. The fourth-order valence-electron chi connectivity index (χ4n) is 2.49. The largest absolute Gasteiger partial charge is 0.444 e. The third-order valence-corrected chi connectivity index (χ3v) is 3.65. The fraction of sp³-hybridized carbons (Fsp3) is 0.667. The van der Waals surface area contributed by atoms with Crippen LogP contribution in [0.3, 0.4) is 0 Å². The van der Waals surface area contributed by atoms with Crippen LogP contribution in [0, 0.1) is 5.92 Å². The van der Waals surface area contributed by atoms with Gasteiger partial charge in [0.25, 0.3) is 0 Å². The summed E-state index contributed by atoms with van der Waals surface area (Å²) < 4.78 is 5.41. The number of anilines is 1. The van der Waals surface area contributed by atoms with Crippen molar-refractivity contribution in [1.82, 2.24) is 14.9 Å². The van der Waals surface area contributed by atoms with Gasteiger partial charge in [-0.2, -0.15) is 0 Å². The van der Waals surface area contributed by atoms with Crippen LogP contribution in [-0.2, 0) is 4.74 Å². The highest BCUT2D eigenvalue weighted by Crippen LogP contribution is 2.22. The molecule has 0 aromatic carbocycles. The monoisotopic (exact) mass is 326 g/mol. The van der Waals surface area contributed by atoms with Gasteiger partial charge < -0.3 is 14.5 Å². The second-order valence-electron chi connectivity index (χ2n) is 6.65. The van der Waals surface area contributed by atoms with Crippen LogP contribution in [0.5, 0.6) is 0 Å². The van der Waals surface area contributed by atoms with E-state index in [0.717, 1.165) is 25.3 Å². The lowest BCUT2D eigenvalue weighted by molar-refractivity contribution is 0.0288. The van der Waals surface area contributed by atoms with Gasteiger partial charge in [-0.25, -0.2) is 14.8 Å². The first kappa shape index (κ1) is 16.8. The number of amides is 1. The van der Waals surface area contributed by atoms with Crippen LogP contribution in [0.25, 0.3) is 0 Å². The van der Waals surface area contributed by atoms with Gasteiger partial charge >= 0.3 is 6.09 Å². The third kappa shape index (κ3) is 4.73. The molecule has 1 unspecified atom stereocenters. The average molecular weight is 327 g/mol. The molecular weight excluding hydrogens is 304 g/mol. The van der Waals surface area contributed by atoms with Crippen LogP contribution < -0.4 is 4.90 Å². The first-order chi connectivity index (χ1) is 10.2. The Morgan fingerprint density at radius 2 is 2.27 bits per heavy atom. The molecule has 1 amide bonds. The van der Waals surface area contributed by atoms with Crippen LogP contribution in [0.2, 0.25) is 5.28 Å². The SMILES string of the molecule is CN(CC1CCN(C(=O)OC(C)(C)C)C1)c1ccnc(Cl)n1. The Balaban J connectivity index is 1.87. The molecule has 2 heterocycles. The number of ether oxygens (including phenoxy) is 1. The number of nitrogens with zero attached hydrogens (tertiary/aromatic N) is 4. The maximum absolute atomic E-state index is 12.1. The van der Waals surface area contributed by atoms with Crippen molar-refractivity contribution in [2.75, 3.05) is 31.6 Å². The number of aromatic nitrogens is 2. The number of rotatable bonds is 3. The number of hydrogen-bond donors (Lipinski definition) is 0. The maximum atomic E-state index is 12.1. The van der Waals surface area contributed by atoms with E-state index in [-0.39, 0.29) is 11.4 Å². The summed E-state index contributed by atoms with van der Waals surface area (Å²) in [5.41, 5.74) is -0.455. The number of carbonyl (C=O) groups excluding carboxylic acids is 1. The van der Waals surface area contributed by atoms with E-state index in [0.29, 0.717) is 12.5 Å². The quantitative estimate of drug-likeness (QED) is 0.799. The van der Waals surface area contributed by atoms with Crippen LogP contribution >= 0.6 is 11.6 Å². The molecule has 1 aliphatic heterocycles. The van der Waals surface area contributed by atoms with Gasteiger partial charge in [0.2, 0.25) is 5.28 Å². The molecule has 1 fully saturated rings. The lowest BCUT2D eigenvalue weighted by Crippen LogP contribution is -2.36. The van der Waals surface area contributed by atoms with Crippen molar-refractivity contribution >= 4 is 23.5 Å². The average Bonchev–Trinajstić information content (AvgIpc) is 2.85. The molecule has 22 heavy (non-hydrogen) atoms. The van der Waals surface area contributed by atoms with Gasteiger partial charge in [0.1, 0.15) is 11.4 Å². The minimum Gasteiger partial charge on any atom is -0.444 e. The lowest BCUT2D eigenvalue weighted by Gasteiger charge is -2.25. The summed E-state index contributed by atoms with van der Waals surface area (Å²) in [7, 11) is 1.97. The zero-order valence-corrected chi connectivity index (χ0v) is 14.3. The molecule has 1 saturated heterocycles. The smallest absolute Gasteiger partial charge is 0.410 e. The van der Waals surface area contributed by atoms with E-state index in [1.165, 1.54) is 0 Å². The molecule has 0 bridgehead atoms. The van der Waals surface area contributed by atoms with Crippen LogP contribution in [0.15, 0.2) is 12.3 Å². The summed E-state index contributed by atoms with van der Waals surface area (Å²) in [5, 5.41) is 0.242. The molecule has 6 nitrogen and oxygen atoms in total. The first-order valence-electron chi connectivity index (χ1n) is 7.42. The predicted molar refractivity (Wildman–Crippen MR) is 86.2 cm³/mol. The Morgan fingerprint density at radius 1 is 1.55 bits per heavy atom. The van der Waals surface area contributed by atoms with Gasteiger partial charge in [-0.15, -0.1) is 0 Å². The number of likely N-dealkylation sites (tertiary alicyclic amines) is 1. The van der Waals surface area contributed by atoms with E-state index in [4.69, 9.17) is 16.3 Å². The molecule has 122 valence electrons. The lowest BCUT2D eigenvalue weighted by atomic mass is 10.1. The number of hydrogen-bond acceptors (Lipinski definition) is 5. The third-order valence-electron chi connectivity index (χ3n) is 3.47. The second-order valence-corrected chi connectivity index (χ2v) is 6.98. The van der Waals surface area contributed by atoms with Gasteiger partial charge in [-0.3, -0.25) is 0 Å². The van der Waals surface area contributed by atoms with Crippen molar-refractivity contribution in [3.63, 3.8) is 0 Å². The molecule has 0 aliphatic carbocycles. The highest BCUT2D eigenvalue weighted by atomic mass is 35.5. The molecule has 0 N–H and O–H groups in total. The highest BCUT2D eigenvalue weighted by Gasteiger charge is 2.30. The van der Waals surface area contributed by atoms with Gasteiger partial charge in [0, 0.05) is 32.9 Å². The van der Waals surface area contributed by atoms with Crippen molar-refractivity contribution in [2.24, 2.45) is 5.92 Å². The molecule has 7 heteroatoms. The zero-order chi connectivity index (χ0) is 16.3. The normalized spacial score (nSPS) is 18.4. The van der Waals surface area contributed by atoms with Crippen LogP contribution in [0.4, 0.5) is 10.6 Å². The molecular formula is C15H23ClN4O2. The van der Waals surface area contributed by atoms with Crippen LogP contribution in [0.1, 0.15) is 27.2 Å². The standard InChI is InChI=1S/C15H23ClN4O2/c1-15(2,3)22-14(21)20-8-6-11(10-20)9-19(4)12-5-7-17-13(16)18-12/h5,7,11H,6,8-10H2,1-4H3. The Morgan fingerprint density at radius 3 is 2.91 bits per heavy atom. The molecule has 2 rings (SSSR count). The van der Waals surface area contributed by atoms with E-state index >= 15 is 0 Å². The molecule has 0 saturated carbocycles. The molecule has 0 spiro atoms. The maximum Gasteiger partial charge on any atom is 0.410 e. The summed E-state index contributed by atoms with van der Waals surface area (Å²) in [6.45, 7) is 7.89. The summed E-state index contributed by atoms with van der Waals surface area (Å²) in [6, 6.07) is 1.83. The van der Waals surface area contributed by atoms with Gasteiger partial charge in [0.05, 0.1) is 0 Å². The van der Waals surface area contributed by atoms with Crippen molar-refractivity contribution < 1.29 is 9.53 Å². The van der Waals surface area contributed by atoms with E-state index in [1.807, 2.05) is 38.8 Å². The summed E-state index contributed by atoms with van der Waals surface area (Å²) in [5.74, 6) is 1.18. The Labute approximate surface area is 136 Å². The molecule has 1 aromatic heterocycles. The van der Waals surface area contributed by atoms with Crippen molar-refractivity contribution in [3.8, 4) is 0 Å². The summed E-state index contributed by atoms with van der Waals surface area (Å²) in [4.78, 5) is 23.9. The molecule has 0 radical (unpaired) electrons. The van der Waals surface area contributed by atoms with Gasteiger partial charge in [0.15, 0.2) is 0 Å². The second kappa shape index (κ2) is 6.69. The minimum atomic E-state index is -0.455. The zero-order valence-electron chi connectivity index (χ0n) is 13.5. The molecule has 1 atom stereocenters. The fourth-order valence-corrected chi connectivity index (χ4v) is 2.64. The summed E-state index contributed by atoms with van der Waals surface area (Å²) >= 11 is 5.81. The molecule has 1 aliphatic rings. The predicted octanol–water partition coefficient (Wildman–Crippen LogP) is 2.82. The van der Waals surface area contributed by atoms with Crippen molar-refractivity contribution in [1.29, 1.82) is 0 Å². The Hall–Kier alpha value is -1.56. The van der Waals surface area contributed by atoms with E-state index < -0.39 is 5.60 Å². The van der Waals surface area contributed by atoms with Gasteiger partial charge in [-0.1, -0.05) is 0 Å². The van der Waals surface area contributed by atoms with Crippen molar-refractivity contribution in [2.45, 2.75) is 32.8 Å². The van der Waals surface area contributed by atoms with E-state index in [1.54, 1.807) is 11.1 Å². The minimum absolute atomic E-state index is 0.234. The van der Waals surface area contributed by atoms with E-state index in [9.17, 15) is 4.79 Å². The molecule has 1 aromatic rings. The van der Waals surface area contributed by atoms with Crippen molar-refractivity contribution in [3.05, 3.63) is 17.5 Å². The topological polar surface area (TPSA) is 58.6 Å². The Bertz CT molecular complexity index is 533. The Kier molecular flexibility index (Phi) is 5.11. The summed E-state index contributed by atoms with van der Waals surface area (Å²) in [6.07, 6.45) is 2.37. The number of halogens is 1. The van der Waals surface area contributed by atoms with Gasteiger partial charge in [-0.05, 0) is 50.8 Å².